The van der Waals surface area contributed by atoms with Crippen LogP contribution in [0.5, 0.6) is 0 Å². The van der Waals surface area contributed by atoms with Gasteiger partial charge in [-0.1, -0.05) is 30.3 Å². The van der Waals surface area contributed by atoms with E-state index in [2.05, 4.69) is 12.1 Å². The van der Waals surface area contributed by atoms with Crippen molar-refractivity contribution < 1.29 is 9.84 Å². The molecule has 0 saturated carbocycles. The summed E-state index contributed by atoms with van der Waals surface area (Å²) in [4.78, 5) is 0. The van der Waals surface area contributed by atoms with Crippen molar-refractivity contribution in [1.82, 2.24) is 0 Å². The fraction of sp³-hybridized carbons (Fsp3) is 0.455. The molecule has 0 radical (unpaired) electrons. The Morgan fingerprint density at radius 1 is 1.23 bits per heavy atom. The standard InChI is InChI=1S/C11H14O2/c12-8-10-6-7-11(13-10)9-4-2-1-3-5-9/h1-5,10-12H,6-8H2/t10-,11-/m1/s1. The van der Waals surface area contributed by atoms with E-state index in [1.807, 2.05) is 18.2 Å². The van der Waals surface area contributed by atoms with E-state index in [9.17, 15) is 0 Å². The molecule has 1 fully saturated rings. The number of hydrogen-bond donors (Lipinski definition) is 1. The molecule has 70 valence electrons. The lowest BCUT2D eigenvalue weighted by atomic mass is 10.1. The predicted molar refractivity (Wildman–Crippen MR) is 50.4 cm³/mol. The van der Waals surface area contributed by atoms with Gasteiger partial charge in [0.15, 0.2) is 0 Å². The van der Waals surface area contributed by atoms with Crippen LogP contribution in [-0.2, 0) is 4.74 Å². The maximum Gasteiger partial charge on any atom is 0.0830 e. The lowest BCUT2D eigenvalue weighted by Gasteiger charge is -2.11. The zero-order valence-corrected chi connectivity index (χ0v) is 7.52. The quantitative estimate of drug-likeness (QED) is 0.749. The minimum absolute atomic E-state index is 0.0465. The van der Waals surface area contributed by atoms with E-state index in [1.54, 1.807) is 0 Å². The Morgan fingerprint density at radius 2 is 2.00 bits per heavy atom. The monoisotopic (exact) mass is 178 g/mol. The third-order valence-electron chi connectivity index (χ3n) is 2.48. The summed E-state index contributed by atoms with van der Waals surface area (Å²) in [5.74, 6) is 0. The van der Waals surface area contributed by atoms with Gasteiger partial charge in [0.1, 0.15) is 0 Å². The summed E-state index contributed by atoms with van der Waals surface area (Å²) in [6, 6.07) is 10.2. The molecule has 0 amide bonds. The summed E-state index contributed by atoms with van der Waals surface area (Å²) in [6.45, 7) is 0.142. The number of aliphatic hydroxyl groups excluding tert-OH is 1. The van der Waals surface area contributed by atoms with Gasteiger partial charge in [-0.05, 0) is 18.4 Å². The van der Waals surface area contributed by atoms with Gasteiger partial charge in [-0.3, -0.25) is 0 Å². The van der Waals surface area contributed by atoms with E-state index in [1.165, 1.54) is 5.56 Å². The van der Waals surface area contributed by atoms with Gasteiger partial charge in [0.25, 0.3) is 0 Å². The van der Waals surface area contributed by atoms with Crippen LogP contribution in [0.15, 0.2) is 30.3 Å². The lowest BCUT2D eigenvalue weighted by molar-refractivity contribution is 0.0110. The van der Waals surface area contributed by atoms with Crippen LogP contribution >= 0.6 is 0 Å². The van der Waals surface area contributed by atoms with E-state index >= 15 is 0 Å². The van der Waals surface area contributed by atoms with Crippen molar-refractivity contribution in [3.8, 4) is 0 Å². The molecule has 0 bridgehead atoms. The second kappa shape index (κ2) is 3.90. The molecule has 2 atom stereocenters. The van der Waals surface area contributed by atoms with E-state index < -0.39 is 0 Å². The number of rotatable bonds is 2. The van der Waals surface area contributed by atoms with Crippen LogP contribution in [-0.4, -0.2) is 17.8 Å². The third kappa shape index (κ3) is 1.90. The van der Waals surface area contributed by atoms with Crippen LogP contribution in [0.4, 0.5) is 0 Å². The average Bonchev–Trinajstić information content (AvgIpc) is 2.67. The molecule has 1 aromatic rings. The third-order valence-corrected chi connectivity index (χ3v) is 2.48. The van der Waals surface area contributed by atoms with Crippen molar-refractivity contribution in [2.75, 3.05) is 6.61 Å². The van der Waals surface area contributed by atoms with Crippen LogP contribution < -0.4 is 0 Å². The Bertz CT molecular complexity index is 258. The molecular weight excluding hydrogens is 164 g/mol. The smallest absolute Gasteiger partial charge is 0.0830 e. The summed E-state index contributed by atoms with van der Waals surface area (Å²) in [5, 5.41) is 8.91. The predicted octanol–water partition coefficient (Wildman–Crippen LogP) is 1.90. The molecular formula is C11H14O2. The largest absolute Gasteiger partial charge is 0.394 e. The molecule has 1 aromatic carbocycles. The van der Waals surface area contributed by atoms with Crippen molar-refractivity contribution in [3.05, 3.63) is 35.9 Å². The molecule has 1 saturated heterocycles. The van der Waals surface area contributed by atoms with E-state index in [0.29, 0.717) is 0 Å². The van der Waals surface area contributed by atoms with Gasteiger partial charge in [-0.2, -0.15) is 0 Å². The highest BCUT2D eigenvalue weighted by atomic mass is 16.5. The van der Waals surface area contributed by atoms with Crippen LogP contribution in [0.1, 0.15) is 24.5 Å². The second-order valence-electron chi connectivity index (χ2n) is 3.42. The maximum atomic E-state index is 8.91. The van der Waals surface area contributed by atoms with Gasteiger partial charge >= 0.3 is 0 Å². The number of aliphatic hydroxyl groups is 1. The molecule has 2 heteroatoms. The number of hydrogen-bond acceptors (Lipinski definition) is 2. The molecule has 0 aromatic heterocycles. The topological polar surface area (TPSA) is 29.5 Å². The summed E-state index contributed by atoms with van der Waals surface area (Å²) in [6.07, 6.45) is 2.23. The first kappa shape index (κ1) is 8.73. The van der Waals surface area contributed by atoms with Crippen molar-refractivity contribution in [3.63, 3.8) is 0 Å². The normalized spacial score (nSPS) is 27.8. The molecule has 2 nitrogen and oxygen atoms in total. The molecule has 2 rings (SSSR count). The van der Waals surface area contributed by atoms with Crippen molar-refractivity contribution >= 4 is 0 Å². The van der Waals surface area contributed by atoms with Crippen LogP contribution in [0.3, 0.4) is 0 Å². The minimum Gasteiger partial charge on any atom is -0.394 e. The van der Waals surface area contributed by atoms with E-state index in [0.717, 1.165) is 12.8 Å². The van der Waals surface area contributed by atoms with Crippen molar-refractivity contribution in [2.45, 2.75) is 25.0 Å². The SMILES string of the molecule is OC[C@H]1CC[C@H](c2ccccc2)O1. The zero-order valence-electron chi connectivity index (χ0n) is 7.52. The van der Waals surface area contributed by atoms with Crippen LogP contribution in [0, 0.1) is 0 Å². The molecule has 1 aliphatic heterocycles. The molecule has 0 unspecified atom stereocenters. The van der Waals surface area contributed by atoms with Gasteiger partial charge in [-0.25, -0.2) is 0 Å². The molecule has 0 spiro atoms. The first-order chi connectivity index (χ1) is 6.40. The Balaban J connectivity index is 2.04. The van der Waals surface area contributed by atoms with Gasteiger partial charge in [-0.15, -0.1) is 0 Å². The van der Waals surface area contributed by atoms with Crippen LogP contribution in [0.25, 0.3) is 0 Å². The molecule has 13 heavy (non-hydrogen) atoms. The lowest BCUT2D eigenvalue weighted by Crippen LogP contribution is -2.10. The fourth-order valence-electron chi connectivity index (χ4n) is 1.75. The highest BCUT2D eigenvalue weighted by molar-refractivity contribution is 5.18. The summed E-state index contributed by atoms with van der Waals surface area (Å²) in [5.41, 5.74) is 1.22. The van der Waals surface area contributed by atoms with Crippen molar-refractivity contribution in [1.29, 1.82) is 0 Å². The van der Waals surface area contributed by atoms with E-state index in [4.69, 9.17) is 9.84 Å². The zero-order chi connectivity index (χ0) is 9.10. The minimum atomic E-state index is 0.0465. The maximum absolute atomic E-state index is 8.91. The van der Waals surface area contributed by atoms with Gasteiger partial charge in [0, 0.05) is 0 Å². The summed E-state index contributed by atoms with van der Waals surface area (Å²) >= 11 is 0. The fourth-order valence-corrected chi connectivity index (χ4v) is 1.75. The molecule has 1 heterocycles. The Labute approximate surface area is 78.2 Å². The molecule has 1 aliphatic rings. The van der Waals surface area contributed by atoms with E-state index in [-0.39, 0.29) is 18.8 Å². The summed E-state index contributed by atoms with van der Waals surface area (Å²) < 4.78 is 5.65. The Hall–Kier alpha value is -0.860. The second-order valence-corrected chi connectivity index (χ2v) is 3.42. The first-order valence-corrected chi connectivity index (χ1v) is 4.71. The number of benzene rings is 1. The first-order valence-electron chi connectivity index (χ1n) is 4.71. The van der Waals surface area contributed by atoms with Gasteiger partial charge < -0.3 is 9.84 Å². The average molecular weight is 178 g/mol. The van der Waals surface area contributed by atoms with Gasteiger partial charge in [0.2, 0.25) is 0 Å². The molecule has 1 N–H and O–H groups in total. The van der Waals surface area contributed by atoms with Gasteiger partial charge in [0.05, 0.1) is 18.8 Å². The highest BCUT2D eigenvalue weighted by Gasteiger charge is 2.25. The Morgan fingerprint density at radius 3 is 2.62 bits per heavy atom. The Kier molecular flexibility index (Phi) is 2.62. The summed E-state index contributed by atoms with van der Waals surface area (Å²) in [7, 11) is 0. The van der Waals surface area contributed by atoms with Crippen molar-refractivity contribution in [2.24, 2.45) is 0 Å². The highest BCUT2D eigenvalue weighted by Crippen LogP contribution is 2.31. The van der Waals surface area contributed by atoms with Crippen LogP contribution in [0.2, 0.25) is 0 Å². The molecule has 0 aliphatic carbocycles. The number of ether oxygens (including phenoxy) is 1.